The lowest BCUT2D eigenvalue weighted by Gasteiger charge is -2.33. The standard InChI is InChI=1S/C20H19N5O2/c1-24-8-4-13(5-9-24)25-19(26)14-10-16-17(11-15(14)20(25)27)23-18(22-16)12-2-6-21-7-3-12/h2-3,6-7,10-11,13H,4-5,8-9H2,1H3,(H,22,23). The van der Waals surface area contributed by atoms with Crippen LogP contribution < -0.4 is 0 Å². The summed E-state index contributed by atoms with van der Waals surface area (Å²) in [6.07, 6.45) is 5.05. The number of imidazole rings is 1. The zero-order chi connectivity index (χ0) is 18.5. The third kappa shape index (κ3) is 2.54. The molecule has 0 spiro atoms. The largest absolute Gasteiger partial charge is 0.338 e. The maximum Gasteiger partial charge on any atom is 0.261 e. The number of H-pyrrole nitrogens is 1. The normalized spacial score (nSPS) is 18.5. The van der Waals surface area contributed by atoms with Crippen molar-refractivity contribution in [3.63, 3.8) is 0 Å². The van der Waals surface area contributed by atoms with Gasteiger partial charge >= 0.3 is 0 Å². The number of carbonyl (C=O) groups is 2. The molecule has 1 fully saturated rings. The van der Waals surface area contributed by atoms with Crippen LogP contribution in [0.2, 0.25) is 0 Å². The van der Waals surface area contributed by atoms with E-state index in [4.69, 9.17) is 0 Å². The third-order valence-electron chi connectivity index (χ3n) is 5.53. The smallest absolute Gasteiger partial charge is 0.261 e. The summed E-state index contributed by atoms with van der Waals surface area (Å²) in [5, 5.41) is 0. The van der Waals surface area contributed by atoms with E-state index in [9.17, 15) is 9.59 Å². The predicted octanol–water partition coefficient (Wildman–Crippen LogP) is 2.32. The van der Waals surface area contributed by atoms with Crippen molar-refractivity contribution in [2.45, 2.75) is 18.9 Å². The molecule has 2 amide bonds. The van der Waals surface area contributed by atoms with Gasteiger partial charge in [0, 0.05) is 24.0 Å². The lowest BCUT2D eigenvalue weighted by molar-refractivity contribution is 0.0516. The predicted molar refractivity (Wildman–Crippen MR) is 100 cm³/mol. The second-order valence-corrected chi connectivity index (χ2v) is 7.25. The number of hydrogen-bond acceptors (Lipinski definition) is 5. The number of rotatable bonds is 2. The van der Waals surface area contributed by atoms with Crippen LogP contribution >= 0.6 is 0 Å². The molecule has 7 nitrogen and oxygen atoms in total. The van der Waals surface area contributed by atoms with Crippen LogP contribution in [0.5, 0.6) is 0 Å². The monoisotopic (exact) mass is 361 g/mol. The van der Waals surface area contributed by atoms with Gasteiger partial charge in [-0.15, -0.1) is 0 Å². The number of hydrogen-bond donors (Lipinski definition) is 1. The number of nitrogens with one attached hydrogen (secondary N) is 1. The number of benzene rings is 1. The summed E-state index contributed by atoms with van der Waals surface area (Å²) in [6, 6.07) is 7.21. The van der Waals surface area contributed by atoms with Crippen LogP contribution in [0.1, 0.15) is 33.6 Å². The van der Waals surface area contributed by atoms with Crippen LogP contribution in [0, 0.1) is 0 Å². The summed E-state index contributed by atoms with van der Waals surface area (Å²) in [6.45, 7) is 1.80. The van der Waals surface area contributed by atoms with Gasteiger partial charge in [0.2, 0.25) is 0 Å². The van der Waals surface area contributed by atoms with Crippen LogP contribution in [0.3, 0.4) is 0 Å². The van der Waals surface area contributed by atoms with Crippen molar-refractivity contribution in [1.82, 2.24) is 24.8 Å². The first-order valence-corrected chi connectivity index (χ1v) is 9.12. The molecule has 0 atom stereocenters. The van der Waals surface area contributed by atoms with Crippen LogP contribution in [0.25, 0.3) is 22.4 Å². The lowest BCUT2D eigenvalue weighted by Crippen LogP contribution is -2.46. The fraction of sp³-hybridized carbons (Fsp3) is 0.300. The Morgan fingerprint density at radius 1 is 1.04 bits per heavy atom. The first-order valence-electron chi connectivity index (χ1n) is 9.12. The molecule has 2 aromatic heterocycles. The van der Waals surface area contributed by atoms with Gasteiger partial charge in [-0.3, -0.25) is 19.5 Å². The molecule has 0 aliphatic carbocycles. The molecule has 2 aliphatic rings. The van der Waals surface area contributed by atoms with Crippen molar-refractivity contribution in [2.75, 3.05) is 20.1 Å². The quantitative estimate of drug-likeness (QED) is 0.709. The van der Waals surface area contributed by atoms with Crippen molar-refractivity contribution < 1.29 is 9.59 Å². The molecule has 1 aromatic carbocycles. The van der Waals surface area contributed by atoms with Crippen molar-refractivity contribution in [3.05, 3.63) is 47.8 Å². The fourth-order valence-electron chi connectivity index (χ4n) is 3.99. The molecule has 0 unspecified atom stereocenters. The van der Waals surface area contributed by atoms with E-state index in [1.807, 2.05) is 12.1 Å². The summed E-state index contributed by atoms with van der Waals surface area (Å²) in [5.41, 5.74) is 3.28. The highest BCUT2D eigenvalue weighted by molar-refractivity contribution is 6.23. The molecule has 1 N–H and O–H groups in total. The van der Waals surface area contributed by atoms with Gasteiger partial charge in [-0.05, 0) is 57.2 Å². The molecule has 3 aromatic rings. The topological polar surface area (TPSA) is 82.2 Å². The summed E-state index contributed by atoms with van der Waals surface area (Å²) in [4.78, 5) is 41.5. The number of pyridine rings is 1. The van der Waals surface area contributed by atoms with Gasteiger partial charge in [0.25, 0.3) is 11.8 Å². The first-order chi connectivity index (χ1) is 13.1. The van der Waals surface area contributed by atoms with Gasteiger partial charge in [0.05, 0.1) is 22.2 Å². The summed E-state index contributed by atoms with van der Waals surface area (Å²) in [5.74, 6) is 0.314. The Hall–Kier alpha value is -3.06. The van der Waals surface area contributed by atoms with E-state index in [2.05, 4.69) is 26.9 Å². The van der Waals surface area contributed by atoms with Gasteiger partial charge in [-0.1, -0.05) is 0 Å². The van der Waals surface area contributed by atoms with Gasteiger partial charge in [-0.2, -0.15) is 0 Å². The van der Waals surface area contributed by atoms with Gasteiger partial charge in [0.15, 0.2) is 0 Å². The van der Waals surface area contributed by atoms with Crippen LogP contribution in [-0.2, 0) is 0 Å². The number of carbonyl (C=O) groups excluding carboxylic acids is 2. The molecule has 1 saturated heterocycles. The van der Waals surface area contributed by atoms with E-state index in [-0.39, 0.29) is 17.9 Å². The molecule has 0 bridgehead atoms. The molecule has 7 heteroatoms. The highest BCUT2D eigenvalue weighted by atomic mass is 16.2. The molecule has 0 radical (unpaired) electrons. The minimum Gasteiger partial charge on any atom is -0.338 e. The second kappa shape index (κ2) is 5.99. The number of aromatic amines is 1. The van der Waals surface area contributed by atoms with Crippen molar-refractivity contribution in [1.29, 1.82) is 0 Å². The Bertz CT molecular complexity index is 998. The molecular formula is C20H19N5O2. The molecule has 4 heterocycles. The SMILES string of the molecule is CN1CCC(N2C(=O)c3cc4nc(-c5ccncc5)[nH]c4cc3C2=O)CC1. The number of amides is 2. The van der Waals surface area contributed by atoms with E-state index < -0.39 is 0 Å². The van der Waals surface area contributed by atoms with Crippen LogP contribution in [0.4, 0.5) is 0 Å². The number of nitrogens with zero attached hydrogens (tertiary/aromatic N) is 4. The van der Waals surface area contributed by atoms with Crippen molar-refractivity contribution >= 4 is 22.8 Å². The molecule has 27 heavy (non-hydrogen) atoms. The highest BCUT2D eigenvalue weighted by Crippen LogP contribution is 2.32. The zero-order valence-electron chi connectivity index (χ0n) is 15.0. The number of fused-ring (bicyclic) bond motifs is 2. The zero-order valence-corrected chi connectivity index (χ0v) is 15.0. The molecule has 0 saturated carbocycles. The molecular weight excluding hydrogens is 342 g/mol. The summed E-state index contributed by atoms with van der Waals surface area (Å²) in [7, 11) is 2.06. The van der Waals surface area contributed by atoms with E-state index in [0.29, 0.717) is 22.5 Å². The lowest BCUT2D eigenvalue weighted by atomic mass is 10.0. The van der Waals surface area contributed by atoms with Gasteiger partial charge < -0.3 is 9.88 Å². The van der Waals surface area contributed by atoms with E-state index in [0.717, 1.165) is 37.0 Å². The average molecular weight is 361 g/mol. The van der Waals surface area contributed by atoms with E-state index >= 15 is 0 Å². The van der Waals surface area contributed by atoms with Gasteiger partial charge in [0.1, 0.15) is 5.82 Å². The summed E-state index contributed by atoms with van der Waals surface area (Å²) >= 11 is 0. The second-order valence-electron chi connectivity index (χ2n) is 7.25. The van der Waals surface area contributed by atoms with E-state index in [1.165, 1.54) is 4.90 Å². The maximum atomic E-state index is 13.0. The Labute approximate surface area is 156 Å². The Morgan fingerprint density at radius 3 is 2.41 bits per heavy atom. The maximum absolute atomic E-state index is 13.0. The minimum atomic E-state index is -0.195. The minimum absolute atomic E-state index is 0.0210. The molecule has 136 valence electrons. The Morgan fingerprint density at radius 2 is 1.70 bits per heavy atom. The molecule has 5 rings (SSSR count). The number of likely N-dealkylation sites (tertiary alicyclic amines) is 1. The summed E-state index contributed by atoms with van der Waals surface area (Å²) < 4.78 is 0. The highest BCUT2D eigenvalue weighted by Gasteiger charge is 2.41. The van der Waals surface area contributed by atoms with E-state index in [1.54, 1.807) is 24.5 Å². The fourth-order valence-corrected chi connectivity index (χ4v) is 3.99. The first kappa shape index (κ1) is 16.1. The van der Waals surface area contributed by atoms with Crippen LogP contribution in [-0.4, -0.2) is 62.7 Å². The van der Waals surface area contributed by atoms with Crippen molar-refractivity contribution in [2.24, 2.45) is 0 Å². The number of imide groups is 1. The van der Waals surface area contributed by atoms with Gasteiger partial charge in [-0.25, -0.2) is 4.98 Å². The Kier molecular flexibility index (Phi) is 3.58. The number of aromatic nitrogens is 3. The van der Waals surface area contributed by atoms with Crippen LogP contribution in [0.15, 0.2) is 36.7 Å². The Balaban J connectivity index is 1.52. The average Bonchev–Trinajstić information content (AvgIpc) is 3.21. The number of piperidine rings is 1. The van der Waals surface area contributed by atoms with Crippen molar-refractivity contribution in [3.8, 4) is 11.4 Å². The third-order valence-corrected chi connectivity index (χ3v) is 5.53. The molecule has 2 aliphatic heterocycles.